The van der Waals surface area contributed by atoms with Gasteiger partial charge in [0.15, 0.2) is 0 Å². The molecule has 0 unspecified atom stereocenters. The van der Waals surface area contributed by atoms with Gasteiger partial charge in [0.25, 0.3) is 0 Å². The Kier molecular flexibility index (Phi) is 5.32. The van der Waals surface area contributed by atoms with E-state index in [0.29, 0.717) is 24.6 Å². The molecular formula is C14H18N2O4S. The standard InChI is InChI=1S/C14H18N2O4S/c17-13(18)12(10-11-4-2-1-3-5-11)15-14(19)16-6-8-21(20)9-7-16/h1-5,12H,6-10H2,(H,15,19)(H,17,18)/t12-/m1/s1. The van der Waals surface area contributed by atoms with Crippen molar-refractivity contribution in [3.05, 3.63) is 35.9 Å². The lowest BCUT2D eigenvalue weighted by atomic mass is 10.1. The molecule has 6 nitrogen and oxygen atoms in total. The van der Waals surface area contributed by atoms with Gasteiger partial charge in [0.2, 0.25) is 0 Å². The number of amides is 2. The van der Waals surface area contributed by atoms with Crippen LogP contribution < -0.4 is 5.32 Å². The SMILES string of the molecule is O=C(O)[C@@H](Cc1ccccc1)NC(=O)N1CCS(=O)CC1. The Morgan fingerprint density at radius 2 is 1.86 bits per heavy atom. The van der Waals surface area contributed by atoms with Crippen LogP contribution >= 0.6 is 0 Å². The quantitative estimate of drug-likeness (QED) is 0.846. The summed E-state index contributed by atoms with van der Waals surface area (Å²) in [5, 5.41) is 11.8. The fourth-order valence-corrected chi connectivity index (χ4v) is 3.18. The van der Waals surface area contributed by atoms with Gasteiger partial charge in [0.1, 0.15) is 6.04 Å². The molecule has 21 heavy (non-hydrogen) atoms. The molecule has 2 amide bonds. The number of rotatable bonds is 4. The lowest BCUT2D eigenvalue weighted by Gasteiger charge is -2.28. The molecule has 1 aromatic carbocycles. The number of urea groups is 1. The van der Waals surface area contributed by atoms with Crippen molar-refractivity contribution in [2.24, 2.45) is 0 Å². The number of carbonyl (C=O) groups excluding carboxylic acids is 1. The van der Waals surface area contributed by atoms with E-state index < -0.39 is 28.8 Å². The van der Waals surface area contributed by atoms with Gasteiger partial charge < -0.3 is 15.3 Å². The predicted octanol–water partition coefficient (Wildman–Crippen LogP) is 0.456. The molecule has 7 heteroatoms. The molecule has 1 aromatic rings. The van der Waals surface area contributed by atoms with Crippen molar-refractivity contribution in [1.29, 1.82) is 0 Å². The van der Waals surface area contributed by atoms with Crippen molar-refractivity contribution in [3.8, 4) is 0 Å². The van der Waals surface area contributed by atoms with E-state index in [0.717, 1.165) is 5.56 Å². The molecule has 0 saturated carbocycles. The van der Waals surface area contributed by atoms with E-state index in [4.69, 9.17) is 0 Å². The number of hydrogen-bond donors (Lipinski definition) is 2. The Labute approximate surface area is 125 Å². The van der Waals surface area contributed by atoms with E-state index in [-0.39, 0.29) is 6.42 Å². The molecule has 1 saturated heterocycles. The highest BCUT2D eigenvalue weighted by molar-refractivity contribution is 7.85. The minimum atomic E-state index is -1.06. The van der Waals surface area contributed by atoms with Crippen LogP contribution in [0.1, 0.15) is 5.56 Å². The molecule has 2 rings (SSSR count). The van der Waals surface area contributed by atoms with Gasteiger partial charge in [0, 0.05) is 41.8 Å². The first-order chi connectivity index (χ1) is 10.1. The van der Waals surface area contributed by atoms with Gasteiger partial charge in [-0.1, -0.05) is 30.3 Å². The minimum Gasteiger partial charge on any atom is -0.480 e. The molecule has 1 fully saturated rings. The number of nitrogens with one attached hydrogen (secondary N) is 1. The third kappa shape index (κ3) is 4.56. The summed E-state index contributed by atoms with van der Waals surface area (Å²) in [6.07, 6.45) is 0.238. The molecule has 0 aromatic heterocycles. The Morgan fingerprint density at radius 1 is 1.24 bits per heavy atom. The summed E-state index contributed by atoms with van der Waals surface area (Å²) in [6, 6.07) is 7.79. The number of carbonyl (C=O) groups is 2. The molecule has 0 bridgehead atoms. The second-order valence-electron chi connectivity index (χ2n) is 4.87. The Balaban J connectivity index is 1.95. The number of hydrogen-bond acceptors (Lipinski definition) is 3. The Bertz CT molecular complexity index is 525. The summed E-state index contributed by atoms with van der Waals surface area (Å²) in [5.74, 6) is -0.166. The largest absolute Gasteiger partial charge is 0.480 e. The highest BCUT2D eigenvalue weighted by Crippen LogP contribution is 2.06. The summed E-state index contributed by atoms with van der Waals surface area (Å²) < 4.78 is 11.3. The van der Waals surface area contributed by atoms with Crippen LogP contribution in [0.25, 0.3) is 0 Å². The first-order valence-electron chi connectivity index (χ1n) is 6.73. The van der Waals surface area contributed by atoms with Crippen LogP contribution in [0.4, 0.5) is 4.79 Å². The molecule has 2 N–H and O–H groups in total. The number of carboxylic acid groups (broad SMARTS) is 1. The van der Waals surface area contributed by atoms with Crippen LogP contribution in [-0.2, 0) is 22.0 Å². The highest BCUT2D eigenvalue weighted by Gasteiger charge is 2.25. The van der Waals surface area contributed by atoms with Gasteiger partial charge in [-0.2, -0.15) is 0 Å². The average molecular weight is 310 g/mol. The summed E-state index contributed by atoms with van der Waals surface area (Å²) in [4.78, 5) is 24.9. The Hall–Kier alpha value is -1.89. The number of benzene rings is 1. The van der Waals surface area contributed by atoms with Crippen molar-refractivity contribution < 1.29 is 18.9 Å². The third-order valence-electron chi connectivity index (χ3n) is 3.34. The molecular weight excluding hydrogens is 292 g/mol. The van der Waals surface area contributed by atoms with Crippen molar-refractivity contribution in [1.82, 2.24) is 10.2 Å². The van der Waals surface area contributed by atoms with Crippen LogP contribution in [0.3, 0.4) is 0 Å². The Morgan fingerprint density at radius 3 is 2.43 bits per heavy atom. The van der Waals surface area contributed by atoms with Gasteiger partial charge >= 0.3 is 12.0 Å². The topological polar surface area (TPSA) is 86.7 Å². The zero-order valence-electron chi connectivity index (χ0n) is 11.5. The van der Waals surface area contributed by atoms with Crippen molar-refractivity contribution >= 4 is 22.8 Å². The van der Waals surface area contributed by atoms with Crippen molar-refractivity contribution in [2.75, 3.05) is 24.6 Å². The van der Waals surface area contributed by atoms with Crippen LogP contribution in [0, 0.1) is 0 Å². The van der Waals surface area contributed by atoms with Crippen molar-refractivity contribution in [3.63, 3.8) is 0 Å². The summed E-state index contributed by atoms with van der Waals surface area (Å²) >= 11 is 0. The molecule has 0 aliphatic carbocycles. The van der Waals surface area contributed by atoms with E-state index in [9.17, 15) is 18.9 Å². The third-order valence-corrected chi connectivity index (χ3v) is 4.62. The fraction of sp³-hybridized carbons (Fsp3) is 0.429. The van der Waals surface area contributed by atoms with Crippen LogP contribution in [0.15, 0.2) is 30.3 Å². The smallest absolute Gasteiger partial charge is 0.326 e. The number of aliphatic carboxylic acids is 1. The molecule has 0 radical (unpaired) electrons. The van der Waals surface area contributed by atoms with Gasteiger partial charge in [0.05, 0.1) is 0 Å². The van der Waals surface area contributed by atoms with Gasteiger partial charge in [-0.3, -0.25) is 4.21 Å². The maximum absolute atomic E-state index is 12.1. The summed E-state index contributed by atoms with van der Waals surface area (Å²) in [5.41, 5.74) is 0.852. The normalized spacial score (nSPS) is 17.2. The number of carboxylic acids is 1. The molecule has 114 valence electrons. The van der Waals surface area contributed by atoms with E-state index in [1.54, 1.807) is 0 Å². The molecule has 1 aliphatic rings. The molecule has 0 spiro atoms. The van der Waals surface area contributed by atoms with E-state index >= 15 is 0 Å². The van der Waals surface area contributed by atoms with E-state index in [1.807, 2.05) is 30.3 Å². The van der Waals surface area contributed by atoms with Crippen LogP contribution in [-0.4, -0.2) is 56.9 Å². The van der Waals surface area contributed by atoms with E-state index in [2.05, 4.69) is 5.32 Å². The molecule has 1 heterocycles. The maximum Gasteiger partial charge on any atom is 0.326 e. The predicted molar refractivity (Wildman–Crippen MR) is 79.6 cm³/mol. The first-order valence-corrected chi connectivity index (χ1v) is 8.22. The monoisotopic (exact) mass is 310 g/mol. The first kappa shape index (κ1) is 15.5. The van der Waals surface area contributed by atoms with Crippen LogP contribution in [0.2, 0.25) is 0 Å². The second-order valence-corrected chi connectivity index (χ2v) is 6.56. The van der Waals surface area contributed by atoms with Gasteiger partial charge in [-0.05, 0) is 5.56 Å². The highest BCUT2D eigenvalue weighted by atomic mass is 32.2. The molecule has 1 atom stereocenters. The summed E-state index contributed by atoms with van der Waals surface area (Å²) in [7, 11) is -0.868. The second kappa shape index (κ2) is 7.21. The van der Waals surface area contributed by atoms with Crippen molar-refractivity contribution in [2.45, 2.75) is 12.5 Å². The zero-order valence-corrected chi connectivity index (χ0v) is 12.3. The maximum atomic E-state index is 12.1. The van der Waals surface area contributed by atoms with E-state index in [1.165, 1.54) is 4.90 Å². The zero-order chi connectivity index (χ0) is 15.2. The van der Waals surface area contributed by atoms with Crippen LogP contribution in [0.5, 0.6) is 0 Å². The lowest BCUT2D eigenvalue weighted by Crippen LogP contribution is -2.52. The average Bonchev–Trinajstić information content (AvgIpc) is 2.48. The lowest BCUT2D eigenvalue weighted by molar-refractivity contribution is -0.139. The van der Waals surface area contributed by atoms with Gasteiger partial charge in [-0.25, -0.2) is 9.59 Å². The summed E-state index contributed by atoms with van der Waals surface area (Å²) in [6.45, 7) is 0.798. The fourth-order valence-electron chi connectivity index (χ4n) is 2.13. The minimum absolute atomic E-state index is 0.238. The van der Waals surface area contributed by atoms with Gasteiger partial charge in [-0.15, -0.1) is 0 Å². The number of nitrogens with zero attached hydrogens (tertiary/aromatic N) is 1. The molecule has 1 aliphatic heterocycles.